The van der Waals surface area contributed by atoms with Crippen LogP contribution >= 0.6 is 27.7 Å². The van der Waals surface area contributed by atoms with Gasteiger partial charge in [0, 0.05) is 0 Å². The van der Waals surface area contributed by atoms with Crippen LogP contribution in [0.1, 0.15) is 0 Å². The molecular formula is C7H8BrN3S. The molecule has 0 saturated carbocycles. The summed E-state index contributed by atoms with van der Waals surface area (Å²) in [4.78, 5) is 8.15. The van der Waals surface area contributed by atoms with Gasteiger partial charge in [0.05, 0.1) is 0 Å². The van der Waals surface area contributed by atoms with E-state index in [9.17, 15) is 0 Å². The van der Waals surface area contributed by atoms with E-state index < -0.39 is 0 Å². The SMILES string of the molecule is CSC(N)=Nc1cccc(Br)n1. The summed E-state index contributed by atoms with van der Waals surface area (Å²) in [6.45, 7) is 0. The largest absolute Gasteiger partial charge is 0.378 e. The van der Waals surface area contributed by atoms with Crippen molar-refractivity contribution in [3.05, 3.63) is 22.8 Å². The van der Waals surface area contributed by atoms with Gasteiger partial charge in [0.2, 0.25) is 0 Å². The first kappa shape index (κ1) is 9.54. The summed E-state index contributed by atoms with van der Waals surface area (Å²) in [7, 11) is 0. The molecule has 3 nitrogen and oxygen atoms in total. The maximum Gasteiger partial charge on any atom is 0.160 e. The maximum atomic E-state index is 5.51. The zero-order chi connectivity index (χ0) is 8.97. The lowest BCUT2D eigenvalue weighted by Crippen LogP contribution is -2.04. The first-order valence-electron chi connectivity index (χ1n) is 3.23. The minimum absolute atomic E-state index is 0.514. The topological polar surface area (TPSA) is 51.3 Å². The Labute approximate surface area is 83.6 Å². The molecule has 0 atom stereocenters. The van der Waals surface area contributed by atoms with Gasteiger partial charge in [-0.15, -0.1) is 0 Å². The second kappa shape index (κ2) is 4.47. The fraction of sp³-hybridized carbons (Fsp3) is 0.143. The average Bonchev–Trinajstić information content (AvgIpc) is 2.04. The molecule has 0 amide bonds. The third kappa shape index (κ3) is 2.83. The molecule has 0 spiro atoms. The lowest BCUT2D eigenvalue weighted by molar-refractivity contribution is 1.24. The molecule has 1 aromatic heterocycles. The van der Waals surface area contributed by atoms with E-state index in [0.29, 0.717) is 11.0 Å². The normalized spacial score (nSPS) is 11.7. The number of rotatable bonds is 1. The van der Waals surface area contributed by atoms with E-state index in [2.05, 4.69) is 25.9 Å². The molecule has 2 N–H and O–H groups in total. The molecule has 12 heavy (non-hydrogen) atoms. The van der Waals surface area contributed by atoms with Gasteiger partial charge in [-0.3, -0.25) is 0 Å². The number of nitrogens with zero attached hydrogens (tertiary/aromatic N) is 2. The Balaban J connectivity index is 2.89. The van der Waals surface area contributed by atoms with E-state index in [1.807, 2.05) is 18.4 Å². The minimum atomic E-state index is 0.514. The number of aromatic nitrogens is 1. The van der Waals surface area contributed by atoms with Crippen LogP contribution in [0.15, 0.2) is 27.8 Å². The number of hydrogen-bond donors (Lipinski definition) is 1. The number of aliphatic imine (C=N–C) groups is 1. The predicted molar refractivity (Wildman–Crippen MR) is 56.7 cm³/mol. The summed E-state index contributed by atoms with van der Waals surface area (Å²) in [6.07, 6.45) is 1.87. The van der Waals surface area contributed by atoms with Crippen molar-refractivity contribution in [2.45, 2.75) is 0 Å². The quantitative estimate of drug-likeness (QED) is 0.469. The fourth-order valence-electron chi connectivity index (χ4n) is 0.618. The summed E-state index contributed by atoms with van der Waals surface area (Å²) >= 11 is 4.64. The highest BCUT2D eigenvalue weighted by Crippen LogP contribution is 2.13. The number of pyridine rings is 1. The molecule has 64 valence electrons. The van der Waals surface area contributed by atoms with Crippen LogP contribution in [0.3, 0.4) is 0 Å². The van der Waals surface area contributed by atoms with Crippen molar-refractivity contribution in [2.24, 2.45) is 10.7 Å². The van der Waals surface area contributed by atoms with Crippen LogP contribution in [-0.4, -0.2) is 16.4 Å². The molecule has 1 rings (SSSR count). The van der Waals surface area contributed by atoms with E-state index in [4.69, 9.17) is 5.73 Å². The first-order chi connectivity index (χ1) is 5.72. The molecule has 0 aliphatic rings. The van der Waals surface area contributed by atoms with Gasteiger partial charge in [-0.05, 0) is 34.3 Å². The lowest BCUT2D eigenvalue weighted by atomic mass is 10.5. The highest BCUT2D eigenvalue weighted by molar-refractivity contribution is 9.10. The van der Waals surface area contributed by atoms with Crippen LogP contribution in [0.5, 0.6) is 0 Å². The van der Waals surface area contributed by atoms with Crippen LogP contribution in [0, 0.1) is 0 Å². The van der Waals surface area contributed by atoms with Gasteiger partial charge in [0.15, 0.2) is 11.0 Å². The van der Waals surface area contributed by atoms with Crippen LogP contribution in [0.25, 0.3) is 0 Å². The number of hydrogen-bond acceptors (Lipinski definition) is 3. The van der Waals surface area contributed by atoms with Crippen molar-refractivity contribution in [1.29, 1.82) is 0 Å². The first-order valence-corrected chi connectivity index (χ1v) is 5.25. The van der Waals surface area contributed by atoms with Crippen molar-refractivity contribution in [3.63, 3.8) is 0 Å². The molecule has 0 bridgehead atoms. The number of halogens is 1. The predicted octanol–water partition coefficient (Wildman–Crippen LogP) is 2.15. The molecule has 0 aliphatic heterocycles. The summed E-state index contributed by atoms with van der Waals surface area (Å²) < 4.78 is 0.762. The Morgan fingerprint density at radius 2 is 2.42 bits per heavy atom. The number of amidine groups is 1. The van der Waals surface area contributed by atoms with Gasteiger partial charge in [-0.1, -0.05) is 17.8 Å². The summed E-state index contributed by atoms with van der Waals surface area (Å²) in [6, 6.07) is 5.51. The van der Waals surface area contributed by atoms with Crippen LogP contribution in [-0.2, 0) is 0 Å². The molecule has 5 heteroatoms. The van der Waals surface area contributed by atoms with Gasteiger partial charge >= 0.3 is 0 Å². The minimum Gasteiger partial charge on any atom is -0.378 e. The Bertz CT molecular complexity index is 300. The highest BCUT2D eigenvalue weighted by Gasteiger charge is 1.93. The maximum absolute atomic E-state index is 5.51. The number of thioether (sulfide) groups is 1. The van der Waals surface area contributed by atoms with E-state index in [0.717, 1.165) is 4.60 Å². The van der Waals surface area contributed by atoms with Crippen molar-refractivity contribution in [2.75, 3.05) is 6.26 Å². The van der Waals surface area contributed by atoms with E-state index in [1.54, 1.807) is 6.07 Å². The average molecular weight is 246 g/mol. The van der Waals surface area contributed by atoms with Crippen molar-refractivity contribution >= 4 is 38.7 Å². The third-order valence-electron chi connectivity index (χ3n) is 1.13. The van der Waals surface area contributed by atoms with Crippen molar-refractivity contribution in [3.8, 4) is 0 Å². The standard InChI is InChI=1S/C7H8BrN3S/c1-12-7(9)11-6-4-2-3-5(8)10-6/h2-4H,1H3,(H2,9,10,11). The summed E-state index contributed by atoms with van der Waals surface area (Å²) in [5.41, 5.74) is 5.51. The van der Waals surface area contributed by atoms with Crippen molar-refractivity contribution in [1.82, 2.24) is 4.98 Å². The van der Waals surface area contributed by atoms with Gasteiger partial charge < -0.3 is 5.73 Å². The third-order valence-corrected chi connectivity index (χ3v) is 2.09. The second-order valence-electron chi connectivity index (χ2n) is 1.97. The zero-order valence-corrected chi connectivity index (χ0v) is 8.89. The number of nitrogens with two attached hydrogens (primary N) is 1. The molecule has 0 aliphatic carbocycles. The second-order valence-corrected chi connectivity index (χ2v) is 3.61. The summed E-state index contributed by atoms with van der Waals surface area (Å²) in [5, 5.41) is 0.514. The molecule has 0 aromatic carbocycles. The van der Waals surface area contributed by atoms with Gasteiger partial charge in [0.1, 0.15) is 4.60 Å². The Morgan fingerprint density at radius 1 is 1.67 bits per heavy atom. The van der Waals surface area contributed by atoms with Gasteiger partial charge in [0.25, 0.3) is 0 Å². The van der Waals surface area contributed by atoms with Crippen molar-refractivity contribution < 1.29 is 0 Å². The Hall–Kier alpha value is -0.550. The van der Waals surface area contributed by atoms with Crippen LogP contribution in [0.2, 0.25) is 0 Å². The highest BCUT2D eigenvalue weighted by atomic mass is 79.9. The summed E-state index contributed by atoms with van der Waals surface area (Å²) in [5.74, 6) is 0.622. The van der Waals surface area contributed by atoms with Gasteiger partial charge in [-0.2, -0.15) is 0 Å². The van der Waals surface area contributed by atoms with E-state index in [1.165, 1.54) is 11.8 Å². The molecule has 0 radical (unpaired) electrons. The molecular weight excluding hydrogens is 238 g/mol. The zero-order valence-electron chi connectivity index (χ0n) is 6.49. The molecule has 0 unspecified atom stereocenters. The van der Waals surface area contributed by atoms with Crippen LogP contribution in [0.4, 0.5) is 5.82 Å². The lowest BCUT2D eigenvalue weighted by Gasteiger charge is -1.95. The Kier molecular flexibility index (Phi) is 3.55. The van der Waals surface area contributed by atoms with E-state index in [-0.39, 0.29) is 0 Å². The van der Waals surface area contributed by atoms with E-state index >= 15 is 0 Å². The van der Waals surface area contributed by atoms with Gasteiger partial charge in [-0.25, -0.2) is 9.98 Å². The van der Waals surface area contributed by atoms with Crippen LogP contribution < -0.4 is 5.73 Å². The molecule has 1 heterocycles. The Morgan fingerprint density at radius 3 is 3.00 bits per heavy atom. The fourth-order valence-corrected chi connectivity index (χ4v) is 1.14. The molecule has 0 saturated heterocycles. The molecule has 1 aromatic rings. The monoisotopic (exact) mass is 245 g/mol. The smallest absolute Gasteiger partial charge is 0.160 e. The molecule has 0 fully saturated rings.